The third-order valence-corrected chi connectivity index (χ3v) is 5.02. The van der Waals surface area contributed by atoms with E-state index in [1.165, 1.54) is 0 Å². The number of piperazine rings is 1. The van der Waals surface area contributed by atoms with Crippen LogP contribution in [0.1, 0.15) is 33.6 Å². The molecule has 2 bridgehead atoms. The summed E-state index contributed by atoms with van der Waals surface area (Å²) in [5, 5.41) is 0.136. The lowest BCUT2D eigenvalue weighted by Gasteiger charge is -2.51. The molecular weight excluding hydrogens is 375 g/mol. The van der Waals surface area contributed by atoms with Crippen LogP contribution < -0.4 is 4.90 Å². The van der Waals surface area contributed by atoms with Crippen LogP contribution in [0.4, 0.5) is 23.8 Å². The minimum absolute atomic E-state index is 0.136. The van der Waals surface area contributed by atoms with E-state index in [0.717, 1.165) is 19.0 Å². The zero-order valence-electron chi connectivity index (χ0n) is 15.7. The number of carbonyl (C=O) groups is 1. The molecule has 5 heterocycles. The highest BCUT2D eigenvalue weighted by Gasteiger charge is 2.43. The second-order valence-electron chi connectivity index (χ2n) is 8.11. The summed E-state index contributed by atoms with van der Waals surface area (Å²) in [6.07, 6.45) is 1.10. The Balaban J connectivity index is 1.66. The van der Waals surface area contributed by atoms with E-state index in [0.29, 0.717) is 13.1 Å². The fourth-order valence-electron chi connectivity index (χ4n) is 3.84. The minimum Gasteiger partial charge on any atom is -0.444 e. The van der Waals surface area contributed by atoms with Crippen LogP contribution in [-0.2, 0) is 4.74 Å². The number of amides is 1. The first-order chi connectivity index (χ1) is 13.1. The molecule has 2 atom stereocenters. The molecule has 0 aliphatic carbocycles. The molecule has 2 aromatic heterocycles. The lowest BCUT2D eigenvalue weighted by Crippen LogP contribution is -2.64. The number of hydrogen-bond donors (Lipinski definition) is 0. The Morgan fingerprint density at radius 2 is 1.86 bits per heavy atom. The highest BCUT2D eigenvalue weighted by Crippen LogP contribution is 2.36. The SMILES string of the molecule is CC(C)(C)OC(=O)N1CC2CCC1CN2c1nc(F)nc2c(F)c(F)ncc12. The Morgan fingerprint density at radius 1 is 1.14 bits per heavy atom. The van der Waals surface area contributed by atoms with E-state index in [-0.39, 0.29) is 23.3 Å². The molecule has 1 amide bonds. The van der Waals surface area contributed by atoms with Crippen molar-refractivity contribution in [1.82, 2.24) is 19.9 Å². The minimum atomic E-state index is -1.34. The Kier molecular flexibility index (Phi) is 4.31. The van der Waals surface area contributed by atoms with E-state index in [4.69, 9.17) is 4.74 Å². The van der Waals surface area contributed by atoms with Crippen LogP contribution in [0.5, 0.6) is 0 Å². The van der Waals surface area contributed by atoms with Gasteiger partial charge in [-0.05, 0) is 33.6 Å². The number of anilines is 1. The molecule has 0 spiro atoms. The van der Waals surface area contributed by atoms with Gasteiger partial charge in [0, 0.05) is 25.3 Å². The van der Waals surface area contributed by atoms with E-state index in [9.17, 15) is 18.0 Å². The van der Waals surface area contributed by atoms with Gasteiger partial charge in [-0.3, -0.25) is 0 Å². The van der Waals surface area contributed by atoms with Crippen molar-refractivity contribution < 1.29 is 22.7 Å². The monoisotopic (exact) mass is 395 g/mol. The van der Waals surface area contributed by atoms with E-state index < -0.39 is 35.1 Å². The molecule has 0 saturated carbocycles. The highest BCUT2D eigenvalue weighted by atomic mass is 19.2. The average molecular weight is 395 g/mol. The number of ether oxygens (including phenoxy) is 1. The zero-order chi connectivity index (χ0) is 20.2. The van der Waals surface area contributed by atoms with Crippen molar-refractivity contribution in [3.63, 3.8) is 0 Å². The second-order valence-corrected chi connectivity index (χ2v) is 8.11. The number of rotatable bonds is 1. The lowest BCUT2D eigenvalue weighted by molar-refractivity contribution is 0.000795. The van der Waals surface area contributed by atoms with Gasteiger partial charge in [-0.2, -0.15) is 23.1 Å². The summed E-state index contributed by atoms with van der Waals surface area (Å²) in [6.45, 7) is 6.17. The van der Waals surface area contributed by atoms with Crippen molar-refractivity contribution in [2.75, 3.05) is 18.0 Å². The first kappa shape index (κ1) is 18.7. The highest BCUT2D eigenvalue weighted by molar-refractivity contribution is 5.89. The van der Waals surface area contributed by atoms with Crippen LogP contribution >= 0.6 is 0 Å². The third-order valence-electron chi connectivity index (χ3n) is 5.02. The predicted octanol–water partition coefficient (Wildman–Crippen LogP) is 3.03. The van der Waals surface area contributed by atoms with E-state index >= 15 is 0 Å². The van der Waals surface area contributed by atoms with Crippen molar-refractivity contribution in [1.29, 1.82) is 0 Å². The summed E-state index contributed by atoms with van der Waals surface area (Å²) in [5.41, 5.74) is -1.05. The van der Waals surface area contributed by atoms with Crippen molar-refractivity contribution in [2.24, 2.45) is 0 Å². The molecule has 2 aromatic rings. The Labute approximate surface area is 159 Å². The normalized spacial score (nSPS) is 22.1. The third kappa shape index (κ3) is 3.20. The maximum atomic E-state index is 14.1. The quantitative estimate of drug-likeness (QED) is 0.546. The number of carbonyl (C=O) groups excluding carboxylic acids is 1. The number of fused-ring (bicyclic) bond motifs is 4. The number of piperidine rings is 2. The van der Waals surface area contributed by atoms with E-state index in [1.807, 2.05) is 4.90 Å². The van der Waals surface area contributed by atoms with Crippen molar-refractivity contribution in [3.8, 4) is 0 Å². The molecule has 10 heteroatoms. The summed E-state index contributed by atoms with van der Waals surface area (Å²) < 4.78 is 46.9. The Bertz CT molecular complexity index is 949. The molecule has 7 nitrogen and oxygen atoms in total. The molecule has 5 rings (SSSR count). The van der Waals surface area contributed by atoms with Crippen LogP contribution in [0.3, 0.4) is 0 Å². The molecule has 0 radical (unpaired) electrons. The van der Waals surface area contributed by atoms with Gasteiger partial charge >= 0.3 is 12.2 Å². The second kappa shape index (κ2) is 6.46. The number of aromatic nitrogens is 3. The predicted molar refractivity (Wildman–Crippen MR) is 94.3 cm³/mol. The van der Waals surface area contributed by atoms with Crippen molar-refractivity contribution in [2.45, 2.75) is 51.3 Å². The van der Waals surface area contributed by atoms with Gasteiger partial charge in [0.15, 0.2) is 0 Å². The summed E-state index contributed by atoms with van der Waals surface area (Å²) in [5.74, 6) is -2.49. The average Bonchev–Trinajstić information content (AvgIpc) is 2.63. The molecule has 28 heavy (non-hydrogen) atoms. The van der Waals surface area contributed by atoms with Crippen LogP contribution in [0.15, 0.2) is 6.20 Å². The maximum absolute atomic E-state index is 14.1. The molecule has 2 unspecified atom stereocenters. The lowest BCUT2D eigenvalue weighted by atomic mass is 9.91. The van der Waals surface area contributed by atoms with Gasteiger partial charge in [0.25, 0.3) is 5.95 Å². The molecule has 3 fully saturated rings. The van der Waals surface area contributed by atoms with Crippen LogP contribution in [0, 0.1) is 17.8 Å². The summed E-state index contributed by atoms with van der Waals surface area (Å²) in [7, 11) is 0. The summed E-state index contributed by atoms with van der Waals surface area (Å²) >= 11 is 0. The summed E-state index contributed by atoms with van der Waals surface area (Å²) in [4.78, 5) is 26.6. The van der Waals surface area contributed by atoms with Crippen LogP contribution in [-0.4, -0.2) is 56.7 Å². The molecule has 0 aromatic carbocycles. The molecule has 0 N–H and O–H groups in total. The molecule has 150 valence electrons. The fraction of sp³-hybridized carbons (Fsp3) is 0.556. The van der Waals surface area contributed by atoms with Crippen molar-refractivity contribution in [3.05, 3.63) is 24.0 Å². The molecule has 3 saturated heterocycles. The van der Waals surface area contributed by atoms with Gasteiger partial charge in [0.1, 0.15) is 16.9 Å². The Morgan fingerprint density at radius 3 is 2.50 bits per heavy atom. The number of halogens is 3. The van der Waals surface area contributed by atoms with E-state index in [1.54, 1.807) is 25.7 Å². The smallest absolute Gasteiger partial charge is 0.410 e. The topological polar surface area (TPSA) is 71.5 Å². The van der Waals surface area contributed by atoms with Gasteiger partial charge in [0.2, 0.25) is 5.82 Å². The standard InChI is InChI=1S/C18H20F3N5O2/c1-18(2,3)28-17(27)26-8-9-4-5-10(26)7-25(9)15-11-6-22-14(20)12(19)13(11)23-16(21)24-15/h6,9-10H,4-5,7-8H2,1-3H3. The molecule has 3 aliphatic rings. The number of nitrogens with zero attached hydrogens (tertiary/aromatic N) is 5. The molecule has 3 aliphatic heterocycles. The first-order valence-corrected chi connectivity index (χ1v) is 9.07. The summed E-state index contributed by atoms with van der Waals surface area (Å²) in [6, 6.07) is -0.297. The number of hydrogen-bond acceptors (Lipinski definition) is 6. The van der Waals surface area contributed by atoms with Crippen LogP contribution in [0.25, 0.3) is 10.9 Å². The zero-order valence-corrected chi connectivity index (χ0v) is 15.7. The van der Waals surface area contributed by atoms with Gasteiger partial charge in [-0.15, -0.1) is 0 Å². The largest absolute Gasteiger partial charge is 0.444 e. The fourth-order valence-corrected chi connectivity index (χ4v) is 3.84. The maximum Gasteiger partial charge on any atom is 0.410 e. The van der Waals surface area contributed by atoms with Gasteiger partial charge < -0.3 is 14.5 Å². The van der Waals surface area contributed by atoms with Gasteiger partial charge in [-0.1, -0.05) is 0 Å². The van der Waals surface area contributed by atoms with Crippen LogP contribution in [0.2, 0.25) is 0 Å². The van der Waals surface area contributed by atoms with E-state index in [2.05, 4.69) is 15.0 Å². The first-order valence-electron chi connectivity index (χ1n) is 9.07. The Hall–Kier alpha value is -2.65. The van der Waals surface area contributed by atoms with Gasteiger partial charge in [-0.25, -0.2) is 9.78 Å². The molecular formula is C18H20F3N5O2. The number of pyridine rings is 1. The van der Waals surface area contributed by atoms with Crippen molar-refractivity contribution >= 4 is 22.8 Å². The van der Waals surface area contributed by atoms with Gasteiger partial charge in [0.05, 0.1) is 11.4 Å².